The summed E-state index contributed by atoms with van der Waals surface area (Å²) in [5.74, 6) is -0.497. The van der Waals surface area contributed by atoms with E-state index in [0.717, 1.165) is 3.79 Å². The molecule has 1 aliphatic carbocycles. The quantitative estimate of drug-likeness (QED) is 0.463. The van der Waals surface area contributed by atoms with Crippen molar-refractivity contribution in [1.82, 2.24) is 4.98 Å². The Labute approximate surface area is 180 Å². The summed E-state index contributed by atoms with van der Waals surface area (Å²) >= 11 is 4.57. The highest BCUT2D eigenvalue weighted by molar-refractivity contribution is 9.11. The highest BCUT2D eigenvalue weighted by Gasteiger charge is 2.36. The minimum atomic E-state index is -3.30. The molecule has 11 heteroatoms. The molecule has 1 atom stereocenters. The number of rotatable bonds is 7. The van der Waals surface area contributed by atoms with Crippen molar-refractivity contribution in [2.24, 2.45) is 5.16 Å². The zero-order chi connectivity index (χ0) is 20.4. The maximum atomic E-state index is 12.8. The number of sulfone groups is 1. The van der Waals surface area contributed by atoms with Crippen molar-refractivity contribution in [3.63, 3.8) is 0 Å². The van der Waals surface area contributed by atoms with Gasteiger partial charge in [0.25, 0.3) is 5.91 Å². The second-order valence-electron chi connectivity index (χ2n) is 6.72. The van der Waals surface area contributed by atoms with Crippen molar-refractivity contribution in [3.8, 4) is 0 Å². The first-order valence-corrected chi connectivity index (χ1v) is 12.2. The van der Waals surface area contributed by atoms with Gasteiger partial charge >= 0.3 is 0 Å². The Balaban J connectivity index is 1.58. The molecule has 8 nitrogen and oxygen atoms in total. The lowest BCUT2D eigenvalue weighted by molar-refractivity contribution is -0.110. The van der Waals surface area contributed by atoms with E-state index >= 15 is 0 Å². The summed E-state index contributed by atoms with van der Waals surface area (Å²) in [5.41, 5.74) is 0.491. The minimum Gasteiger partial charge on any atom is -0.389 e. The van der Waals surface area contributed by atoms with Crippen molar-refractivity contribution in [1.29, 1.82) is 0 Å². The zero-order valence-electron chi connectivity index (χ0n) is 15.2. The molecule has 154 valence electrons. The van der Waals surface area contributed by atoms with Crippen LogP contribution in [0.4, 0.5) is 5.13 Å². The van der Waals surface area contributed by atoms with E-state index in [1.54, 1.807) is 18.3 Å². The second kappa shape index (κ2) is 8.50. The molecule has 0 spiro atoms. The third-order valence-electron chi connectivity index (χ3n) is 4.51. The maximum absolute atomic E-state index is 12.8. The summed E-state index contributed by atoms with van der Waals surface area (Å²) in [4.78, 5) is 22.6. The number of aromatic nitrogens is 1. The van der Waals surface area contributed by atoms with Gasteiger partial charge in [0.15, 0.2) is 26.8 Å². The van der Waals surface area contributed by atoms with Crippen LogP contribution in [-0.2, 0) is 24.2 Å². The minimum absolute atomic E-state index is 0.0404. The van der Waals surface area contributed by atoms with Crippen molar-refractivity contribution < 1.29 is 22.8 Å². The Bertz CT molecular complexity index is 1030. The van der Waals surface area contributed by atoms with Crippen LogP contribution >= 0.6 is 27.3 Å². The fraction of sp³-hybridized carbons (Fsp3) is 0.389. The van der Waals surface area contributed by atoms with Gasteiger partial charge in [-0.3, -0.25) is 10.1 Å². The van der Waals surface area contributed by atoms with Crippen LogP contribution in [0.3, 0.4) is 0 Å². The van der Waals surface area contributed by atoms with Crippen LogP contribution in [0.5, 0.6) is 0 Å². The summed E-state index contributed by atoms with van der Waals surface area (Å²) in [6.45, 7) is 0.999. The van der Waals surface area contributed by atoms with Gasteiger partial charge in [0, 0.05) is 12.0 Å². The first-order valence-electron chi connectivity index (χ1n) is 9.02. The lowest BCUT2D eigenvalue weighted by atomic mass is 10.1. The number of carbonyl (C=O) groups excluding carboxylic acids is 1. The Hall–Kier alpha value is -1.82. The summed E-state index contributed by atoms with van der Waals surface area (Å²) in [6.07, 6.45) is 3.44. The summed E-state index contributed by atoms with van der Waals surface area (Å²) in [7, 11) is -3.30. The van der Waals surface area contributed by atoms with E-state index in [2.05, 4.69) is 31.4 Å². The molecule has 0 unspecified atom stereocenters. The Morgan fingerprint density at radius 1 is 1.28 bits per heavy atom. The molecule has 1 saturated carbocycles. The van der Waals surface area contributed by atoms with Crippen molar-refractivity contribution >= 4 is 53.9 Å². The standard InChI is InChI=1S/C18H18BrN3O5S2/c19-15-9-20-18(28-15)21-17(23)16(22-27-12-7-8-26-10-12)11-1-3-13(4-2-11)29(24,25)14-5-6-14/h1-4,9,12,14H,5-8,10H2,(H,20,21,23)/b22-16+/t12-/m1/s1. The fourth-order valence-electron chi connectivity index (χ4n) is 2.79. The highest BCUT2D eigenvalue weighted by atomic mass is 79.9. The van der Waals surface area contributed by atoms with E-state index in [9.17, 15) is 13.2 Å². The van der Waals surface area contributed by atoms with E-state index in [4.69, 9.17) is 9.57 Å². The Morgan fingerprint density at radius 3 is 2.62 bits per heavy atom. The molecule has 0 radical (unpaired) electrons. The van der Waals surface area contributed by atoms with Crippen LogP contribution in [0.2, 0.25) is 0 Å². The number of thiazole rings is 1. The summed E-state index contributed by atoms with van der Waals surface area (Å²) < 4.78 is 30.8. The van der Waals surface area contributed by atoms with E-state index in [1.165, 1.54) is 23.5 Å². The molecule has 2 aromatic rings. The lowest BCUT2D eigenvalue weighted by Crippen LogP contribution is -2.25. The number of nitrogens with one attached hydrogen (secondary N) is 1. The van der Waals surface area contributed by atoms with Crippen molar-refractivity contribution in [2.45, 2.75) is 35.5 Å². The number of benzene rings is 1. The molecule has 1 N–H and O–H groups in total. The second-order valence-corrected chi connectivity index (χ2v) is 11.4. The van der Waals surface area contributed by atoms with E-state index in [-0.39, 0.29) is 22.0 Å². The van der Waals surface area contributed by atoms with Gasteiger partial charge in [0.2, 0.25) is 0 Å². The molecular formula is C18H18BrN3O5S2. The molecule has 4 rings (SSSR count). The third-order valence-corrected chi connectivity index (χ3v) is 8.18. The molecule has 2 aliphatic rings. The first-order chi connectivity index (χ1) is 13.9. The smallest absolute Gasteiger partial charge is 0.280 e. The van der Waals surface area contributed by atoms with E-state index in [1.807, 2.05) is 0 Å². The van der Waals surface area contributed by atoms with Crippen LogP contribution in [0.1, 0.15) is 24.8 Å². The van der Waals surface area contributed by atoms with Crippen LogP contribution in [-0.4, -0.2) is 49.6 Å². The van der Waals surface area contributed by atoms with Gasteiger partial charge in [-0.1, -0.05) is 28.6 Å². The third kappa shape index (κ3) is 4.85. The number of oxime groups is 1. The monoisotopic (exact) mass is 499 g/mol. The largest absolute Gasteiger partial charge is 0.389 e. The number of hydrogen-bond donors (Lipinski definition) is 1. The molecule has 0 bridgehead atoms. The molecule has 1 saturated heterocycles. The molecule has 29 heavy (non-hydrogen) atoms. The topological polar surface area (TPSA) is 107 Å². The van der Waals surface area contributed by atoms with Crippen LogP contribution in [0.25, 0.3) is 0 Å². The van der Waals surface area contributed by atoms with Gasteiger partial charge in [-0.25, -0.2) is 13.4 Å². The Morgan fingerprint density at radius 2 is 2.03 bits per heavy atom. The highest BCUT2D eigenvalue weighted by Crippen LogP contribution is 2.33. The molecule has 1 aromatic carbocycles. The van der Waals surface area contributed by atoms with Gasteiger partial charge in [0.05, 0.1) is 33.3 Å². The zero-order valence-corrected chi connectivity index (χ0v) is 18.4. The molecule has 1 amide bonds. The van der Waals surface area contributed by atoms with Gasteiger partial charge in [0.1, 0.15) is 0 Å². The van der Waals surface area contributed by atoms with Crippen LogP contribution in [0.15, 0.2) is 44.3 Å². The van der Waals surface area contributed by atoms with Gasteiger partial charge in [-0.2, -0.15) is 0 Å². The van der Waals surface area contributed by atoms with Crippen LogP contribution in [0, 0.1) is 0 Å². The number of halogens is 1. The van der Waals surface area contributed by atoms with Crippen molar-refractivity contribution in [2.75, 3.05) is 18.5 Å². The number of amides is 1. The van der Waals surface area contributed by atoms with Gasteiger partial charge in [-0.05, 0) is 40.9 Å². The normalized spacial score (nSPS) is 19.9. The predicted octanol–water partition coefficient (Wildman–Crippen LogP) is 2.99. The number of hydrogen-bond acceptors (Lipinski definition) is 8. The molecule has 1 aromatic heterocycles. The lowest BCUT2D eigenvalue weighted by Gasteiger charge is -2.10. The first kappa shape index (κ1) is 20.5. The molecule has 1 aliphatic heterocycles. The number of anilines is 1. The number of carbonyl (C=O) groups is 1. The SMILES string of the molecule is O=C(Nc1ncc(Br)s1)/C(=N/O[C@@H]1CCOC1)c1ccc(S(=O)(=O)C2CC2)cc1. The van der Waals surface area contributed by atoms with E-state index < -0.39 is 15.7 Å². The molecule has 2 heterocycles. The fourth-order valence-corrected chi connectivity index (χ4v) is 5.55. The molecular weight excluding hydrogens is 482 g/mol. The van der Waals surface area contributed by atoms with Gasteiger partial charge in [-0.15, -0.1) is 0 Å². The predicted molar refractivity (Wildman–Crippen MR) is 112 cm³/mol. The van der Waals surface area contributed by atoms with Gasteiger partial charge < -0.3 is 9.57 Å². The summed E-state index contributed by atoms with van der Waals surface area (Å²) in [5, 5.41) is 6.86. The molecule has 2 fully saturated rings. The average Bonchev–Trinajstić information content (AvgIpc) is 3.31. The number of ether oxygens (including phenoxy) is 1. The maximum Gasteiger partial charge on any atom is 0.280 e. The number of nitrogens with zero attached hydrogens (tertiary/aromatic N) is 2. The summed E-state index contributed by atoms with van der Waals surface area (Å²) in [6, 6.07) is 6.15. The van der Waals surface area contributed by atoms with E-state index in [0.29, 0.717) is 43.2 Å². The van der Waals surface area contributed by atoms with Crippen molar-refractivity contribution in [3.05, 3.63) is 39.8 Å². The Kier molecular flexibility index (Phi) is 6.00. The average molecular weight is 500 g/mol. The van der Waals surface area contributed by atoms with Crippen LogP contribution < -0.4 is 5.32 Å².